The summed E-state index contributed by atoms with van der Waals surface area (Å²) in [5.74, 6) is -0.951. The lowest BCUT2D eigenvalue weighted by Crippen LogP contribution is -2.50. The molecule has 0 bridgehead atoms. The van der Waals surface area contributed by atoms with Gasteiger partial charge in [-0.05, 0) is 79.5 Å². The Morgan fingerprint density at radius 1 is 0.778 bits per heavy atom. The third-order valence-electron chi connectivity index (χ3n) is 6.64. The van der Waals surface area contributed by atoms with Gasteiger partial charge in [-0.25, -0.2) is 13.2 Å². The minimum absolute atomic E-state index is 0.0308. The molecule has 0 aromatic heterocycles. The number of ether oxygens (including phenoxy) is 1. The average molecular weight is 497 g/mol. The molecule has 0 spiro atoms. The first-order chi connectivity index (χ1) is 17.4. The lowest BCUT2D eigenvalue weighted by atomic mass is 10.0. The molecule has 7 heteroatoms. The summed E-state index contributed by atoms with van der Waals surface area (Å²) in [5, 5.41) is 0. The van der Waals surface area contributed by atoms with Crippen LogP contribution in [0.1, 0.15) is 47.4 Å². The van der Waals surface area contributed by atoms with Crippen molar-refractivity contribution in [3.63, 3.8) is 0 Å². The molecular weight excluding hydrogens is 465 g/mol. The van der Waals surface area contributed by atoms with Crippen LogP contribution in [0.2, 0.25) is 0 Å². The largest absolute Gasteiger partial charge is 0.351 e. The van der Waals surface area contributed by atoms with Gasteiger partial charge in [0, 0.05) is 38.2 Å². The first-order valence-corrected chi connectivity index (χ1v) is 12.3. The van der Waals surface area contributed by atoms with Gasteiger partial charge in [0.1, 0.15) is 29.8 Å². The van der Waals surface area contributed by atoms with E-state index in [1.54, 1.807) is 24.3 Å². The predicted molar refractivity (Wildman–Crippen MR) is 133 cm³/mol. The van der Waals surface area contributed by atoms with Crippen molar-refractivity contribution in [2.75, 3.05) is 32.7 Å². The van der Waals surface area contributed by atoms with E-state index in [0.29, 0.717) is 12.0 Å². The van der Waals surface area contributed by atoms with Gasteiger partial charge < -0.3 is 9.64 Å². The lowest BCUT2D eigenvalue weighted by molar-refractivity contribution is -0.0906. The number of nitrogens with zero attached hydrogens (tertiary/aromatic N) is 2. The first kappa shape index (κ1) is 26.1. The predicted octanol–water partition coefficient (Wildman–Crippen LogP) is 5.84. The van der Waals surface area contributed by atoms with Gasteiger partial charge in [0.15, 0.2) is 5.78 Å². The lowest BCUT2D eigenvalue weighted by Gasteiger charge is -2.39. The molecule has 36 heavy (non-hydrogen) atoms. The highest BCUT2D eigenvalue weighted by atomic mass is 19.1. The number of hydrogen-bond acceptors (Lipinski definition) is 4. The highest BCUT2D eigenvalue weighted by Crippen LogP contribution is 2.29. The molecule has 190 valence electrons. The highest BCUT2D eigenvalue weighted by molar-refractivity contribution is 5.95. The molecule has 1 heterocycles. The van der Waals surface area contributed by atoms with Crippen LogP contribution >= 0.6 is 0 Å². The molecule has 1 atom stereocenters. The van der Waals surface area contributed by atoms with E-state index in [0.717, 1.165) is 50.3 Å². The van der Waals surface area contributed by atoms with E-state index in [1.165, 1.54) is 48.5 Å². The minimum Gasteiger partial charge on any atom is -0.351 e. The molecule has 4 rings (SSSR count). The summed E-state index contributed by atoms with van der Waals surface area (Å²) in [6.45, 7) is 6.16. The van der Waals surface area contributed by atoms with Crippen molar-refractivity contribution in [1.29, 1.82) is 0 Å². The maximum Gasteiger partial charge on any atom is 0.162 e. The molecule has 1 unspecified atom stereocenters. The Morgan fingerprint density at radius 3 is 1.75 bits per heavy atom. The van der Waals surface area contributed by atoms with Crippen molar-refractivity contribution in [3.8, 4) is 0 Å². The fraction of sp³-hybridized carbons (Fsp3) is 0.345. The van der Waals surface area contributed by atoms with E-state index in [1.807, 2.05) is 6.92 Å². The molecular formula is C29H31F3N2O2. The van der Waals surface area contributed by atoms with Gasteiger partial charge in [0.2, 0.25) is 0 Å². The van der Waals surface area contributed by atoms with Crippen molar-refractivity contribution in [2.24, 2.45) is 0 Å². The van der Waals surface area contributed by atoms with Gasteiger partial charge in [0.25, 0.3) is 0 Å². The number of piperazine rings is 1. The van der Waals surface area contributed by atoms with Gasteiger partial charge in [-0.15, -0.1) is 0 Å². The van der Waals surface area contributed by atoms with Gasteiger partial charge in [-0.1, -0.05) is 24.3 Å². The fourth-order valence-corrected chi connectivity index (χ4v) is 4.50. The smallest absolute Gasteiger partial charge is 0.162 e. The van der Waals surface area contributed by atoms with E-state index in [2.05, 4.69) is 9.80 Å². The summed E-state index contributed by atoms with van der Waals surface area (Å²) in [6.07, 6.45) is 0.533. The van der Waals surface area contributed by atoms with Crippen LogP contribution in [0.25, 0.3) is 0 Å². The summed E-state index contributed by atoms with van der Waals surface area (Å²) in [4.78, 5) is 16.9. The Kier molecular flexibility index (Phi) is 8.91. The Morgan fingerprint density at radius 2 is 1.25 bits per heavy atom. The number of rotatable bonds is 10. The molecule has 0 radical (unpaired) electrons. The molecule has 4 nitrogen and oxygen atoms in total. The third-order valence-corrected chi connectivity index (χ3v) is 6.64. The Hall–Kier alpha value is -3.00. The standard InChI is InChI=1S/C29H31F3N2O2/c1-21(36-29(23-6-12-26(31)13-7-23)24-8-14-27(32)15-9-24)34-19-17-33(18-20-34)16-2-3-28(35)22-4-10-25(30)11-5-22/h4-15,21,29H,2-3,16-20H2,1H3. The average Bonchev–Trinajstić information content (AvgIpc) is 2.89. The third kappa shape index (κ3) is 7.03. The number of Topliss-reactive ketones (excluding diaryl/α,β-unsaturated/α-hetero) is 1. The van der Waals surface area contributed by atoms with Crippen molar-refractivity contribution in [1.82, 2.24) is 9.80 Å². The summed E-state index contributed by atoms with van der Waals surface area (Å²) in [6, 6.07) is 18.1. The SMILES string of the molecule is CC(OC(c1ccc(F)cc1)c1ccc(F)cc1)N1CCN(CCCC(=O)c2ccc(F)cc2)CC1. The number of halogens is 3. The maximum absolute atomic E-state index is 13.5. The topological polar surface area (TPSA) is 32.8 Å². The van der Waals surface area contributed by atoms with Crippen molar-refractivity contribution in [2.45, 2.75) is 32.1 Å². The highest BCUT2D eigenvalue weighted by Gasteiger charge is 2.25. The normalized spacial score (nSPS) is 15.8. The van der Waals surface area contributed by atoms with Gasteiger partial charge >= 0.3 is 0 Å². The van der Waals surface area contributed by atoms with Crippen molar-refractivity contribution >= 4 is 5.78 Å². The van der Waals surface area contributed by atoms with E-state index in [-0.39, 0.29) is 29.5 Å². The molecule has 0 amide bonds. The van der Waals surface area contributed by atoms with Gasteiger partial charge in [-0.2, -0.15) is 0 Å². The Balaban J connectivity index is 1.28. The van der Waals surface area contributed by atoms with Crippen LogP contribution in [-0.4, -0.2) is 54.5 Å². The van der Waals surface area contributed by atoms with E-state index in [9.17, 15) is 18.0 Å². The van der Waals surface area contributed by atoms with Crippen LogP contribution < -0.4 is 0 Å². The van der Waals surface area contributed by atoms with Gasteiger partial charge in [0.05, 0.1) is 0 Å². The van der Waals surface area contributed by atoms with Crippen LogP contribution in [0.4, 0.5) is 13.2 Å². The van der Waals surface area contributed by atoms with E-state index < -0.39 is 6.10 Å². The zero-order chi connectivity index (χ0) is 25.5. The number of carbonyl (C=O) groups is 1. The molecule has 1 saturated heterocycles. The van der Waals surface area contributed by atoms with E-state index >= 15 is 0 Å². The number of carbonyl (C=O) groups excluding carboxylic acids is 1. The molecule has 0 aliphatic carbocycles. The molecule has 0 N–H and O–H groups in total. The van der Waals surface area contributed by atoms with Crippen LogP contribution in [0, 0.1) is 17.5 Å². The van der Waals surface area contributed by atoms with Crippen molar-refractivity contribution < 1.29 is 22.7 Å². The van der Waals surface area contributed by atoms with Gasteiger partial charge in [-0.3, -0.25) is 9.69 Å². The molecule has 1 aliphatic rings. The second-order valence-electron chi connectivity index (χ2n) is 9.13. The molecule has 1 aliphatic heterocycles. The molecule has 3 aromatic carbocycles. The number of benzene rings is 3. The second-order valence-corrected chi connectivity index (χ2v) is 9.13. The number of hydrogen-bond donors (Lipinski definition) is 0. The summed E-state index contributed by atoms with van der Waals surface area (Å²) < 4.78 is 46.5. The first-order valence-electron chi connectivity index (χ1n) is 12.3. The molecule has 0 saturated carbocycles. The zero-order valence-electron chi connectivity index (χ0n) is 20.4. The zero-order valence-corrected chi connectivity index (χ0v) is 20.4. The van der Waals surface area contributed by atoms with Crippen LogP contribution in [0.5, 0.6) is 0 Å². The quantitative estimate of drug-likeness (QED) is 0.331. The monoisotopic (exact) mass is 496 g/mol. The fourth-order valence-electron chi connectivity index (χ4n) is 4.50. The second kappa shape index (κ2) is 12.3. The van der Waals surface area contributed by atoms with Crippen LogP contribution in [-0.2, 0) is 4.74 Å². The minimum atomic E-state index is -0.447. The summed E-state index contributed by atoms with van der Waals surface area (Å²) in [5.41, 5.74) is 2.16. The summed E-state index contributed by atoms with van der Waals surface area (Å²) in [7, 11) is 0. The number of ketones is 1. The maximum atomic E-state index is 13.5. The Labute approximate surface area is 210 Å². The Bertz CT molecular complexity index is 1070. The molecule has 3 aromatic rings. The van der Waals surface area contributed by atoms with E-state index in [4.69, 9.17) is 4.74 Å². The molecule has 1 fully saturated rings. The van der Waals surface area contributed by atoms with Crippen molar-refractivity contribution in [3.05, 3.63) is 107 Å². The van der Waals surface area contributed by atoms with Crippen LogP contribution in [0.15, 0.2) is 72.8 Å². The van der Waals surface area contributed by atoms with Crippen LogP contribution in [0.3, 0.4) is 0 Å². The summed E-state index contributed by atoms with van der Waals surface area (Å²) >= 11 is 0.